The molecule has 0 saturated carbocycles. The van der Waals surface area contributed by atoms with Crippen LogP contribution < -0.4 is 5.32 Å². The summed E-state index contributed by atoms with van der Waals surface area (Å²) >= 11 is 1.56. The molecule has 2 amide bonds. The minimum Gasteiger partial charge on any atom is -0.378 e. The molecule has 0 spiro atoms. The van der Waals surface area contributed by atoms with Gasteiger partial charge in [0.25, 0.3) is 0 Å². The normalized spacial score (nSPS) is 15.0. The number of thiazole rings is 1. The molecule has 0 aliphatic carbocycles. The molecule has 1 aromatic heterocycles. The van der Waals surface area contributed by atoms with Crippen LogP contribution in [-0.4, -0.2) is 42.2 Å². The van der Waals surface area contributed by atoms with Crippen LogP contribution in [0.25, 0.3) is 11.3 Å². The Labute approximate surface area is 127 Å². The van der Waals surface area contributed by atoms with Gasteiger partial charge in [-0.05, 0) is 0 Å². The summed E-state index contributed by atoms with van der Waals surface area (Å²) in [7, 11) is 0. The molecule has 1 aliphatic heterocycles. The third-order valence-corrected chi connectivity index (χ3v) is 4.16. The van der Waals surface area contributed by atoms with Crippen LogP contribution in [0.3, 0.4) is 0 Å². The van der Waals surface area contributed by atoms with Crippen LogP contribution in [0.5, 0.6) is 0 Å². The van der Waals surface area contributed by atoms with E-state index < -0.39 is 0 Å². The molecule has 1 fully saturated rings. The topological polar surface area (TPSA) is 54.5 Å². The number of morpholine rings is 1. The Kier molecular flexibility index (Phi) is 4.47. The lowest BCUT2D eigenvalue weighted by Crippen LogP contribution is -2.45. The molecule has 0 bridgehead atoms. The van der Waals surface area contributed by atoms with Crippen molar-refractivity contribution in [2.24, 2.45) is 0 Å². The van der Waals surface area contributed by atoms with Crippen LogP contribution in [-0.2, 0) is 11.3 Å². The van der Waals surface area contributed by atoms with Crippen LogP contribution >= 0.6 is 11.3 Å². The number of rotatable bonds is 3. The van der Waals surface area contributed by atoms with E-state index in [0.717, 1.165) is 16.3 Å². The zero-order valence-corrected chi connectivity index (χ0v) is 12.4. The molecule has 1 aromatic carbocycles. The Bertz CT molecular complexity index is 594. The fraction of sp³-hybridized carbons (Fsp3) is 0.333. The molecule has 3 rings (SSSR count). The first-order chi connectivity index (χ1) is 10.3. The molecule has 2 aromatic rings. The minimum absolute atomic E-state index is 0.0465. The number of nitrogens with one attached hydrogen (secondary N) is 1. The number of benzene rings is 1. The van der Waals surface area contributed by atoms with E-state index in [1.54, 1.807) is 16.2 Å². The maximum Gasteiger partial charge on any atom is 0.317 e. The summed E-state index contributed by atoms with van der Waals surface area (Å²) in [6, 6.07) is 9.99. The molecule has 5 nitrogen and oxygen atoms in total. The van der Waals surface area contributed by atoms with Crippen LogP contribution in [0.4, 0.5) is 4.79 Å². The number of carbonyl (C=O) groups is 1. The fourth-order valence-electron chi connectivity index (χ4n) is 2.16. The largest absolute Gasteiger partial charge is 0.378 e. The predicted octanol–water partition coefficient (Wildman–Crippen LogP) is 2.35. The Morgan fingerprint density at radius 2 is 2.05 bits per heavy atom. The number of hydrogen-bond donors (Lipinski definition) is 1. The SMILES string of the molecule is O=C(NCc1nc(-c2ccccc2)cs1)N1CCOCC1. The Morgan fingerprint density at radius 3 is 2.81 bits per heavy atom. The summed E-state index contributed by atoms with van der Waals surface area (Å²) in [5, 5.41) is 5.84. The minimum atomic E-state index is -0.0465. The molecule has 2 heterocycles. The van der Waals surface area contributed by atoms with Gasteiger partial charge in [0.2, 0.25) is 0 Å². The number of hydrogen-bond acceptors (Lipinski definition) is 4. The van der Waals surface area contributed by atoms with Gasteiger partial charge in [0.15, 0.2) is 0 Å². The van der Waals surface area contributed by atoms with Crippen LogP contribution in [0.15, 0.2) is 35.7 Å². The summed E-state index contributed by atoms with van der Waals surface area (Å²) in [6.07, 6.45) is 0. The fourth-order valence-corrected chi connectivity index (χ4v) is 2.91. The maximum absolute atomic E-state index is 12.0. The number of urea groups is 1. The molecule has 0 radical (unpaired) electrons. The van der Waals surface area contributed by atoms with Gasteiger partial charge in [-0.25, -0.2) is 9.78 Å². The van der Waals surface area contributed by atoms with E-state index in [9.17, 15) is 4.79 Å². The van der Waals surface area contributed by atoms with E-state index in [0.29, 0.717) is 32.8 Å². The molecular weight excluding hydrogens is 286 g/mol. The zero-order chi connectivity index (χ0) is 14.5. The van der Waals surface area contributed by atoms with E-state index in [-0.39, 0.29) is 6.03 Å². The standard InChI is InChI=1S/C15H17N3O2S/c19-15(18-6-8-20-9-7-18)16-10-14-17-13(11-21-14)12-4-2-1-3-5-12/h1-5,11H,6-10H2,(H,16,19). The highest BCUT2D eigenvalue weighted by Crippen LogP contribution is 2.21. The van der Waals surface area contributed by atoms with E-state index in [1.807, 2.05) is 35.7 Å². The number of aromatic nitrogens is 1. The molecule has 0 atom stereocenters. The van der Waals surface area contributed by atoms with Gasteiger partial charge >= 0.3 is 6.03 Å². The lowest BCUT2D eigenvalue weighted by atomic mass is 10.2. The average Bonchev–Trinajstić information content (AvgIpc) is 3.03. The summed E-state index contributed by atoms with van der Waals surface area (Å²) in [5.74, 6) is 0. The molecule has 1 aliphatic rings. The molecule has 1 saturated heterocycles. The van der Waals surface area contributed by atoms with Crippen molar-refractivity contribution in [2.75, 3.05) is 26.3 Å². The Balaban J connectivity index is 1.56. The quantitative estimate of drug-likeness (QED) is 0.947. The van der Waals surface area contributed by atoms with Gasteiger partial charge in [-0.2, -0.15) is 0 Å². The number of amides is 2. The summed E-state index contributed by atoms with van der Waals surface area (Å²) in [4.78, 5) is 18.3. The molecule has 21 heavy (non-hydrogen) atoms. The number of carbonyl (C=O) groups excluding carboxylic acids is 1. The monoisotopic (exact) mass is 303 g/mol. The second-order valence-electron chi connectivity index (χ2n) is 4.75. The van der Waals surface area contributed by atoms with Crippen LogP contribution in [0.1, 0.15) is 5.01 Å². The summed E-state index contributed by atoms with van der Waals surface area (Å²) in [6.45, 7) is 3.00. The maximum atomic E-state index is 12.0. The van der Waals surface area contributed by atoms with Gasteiger partial charge in [0, 0.05) is 24.0 Å². The van der Waals surface area contributed by atoms with Gasteiger partial charge in [0.05, 0.1) is 25.5 Å². The van der Waals surface area contributed by atoms with Crippen molar-refractivity contribution < 1.29 is 9.53 Å². The summed E-state index contributed by atoms with van der Waals surface area (Å²) in [5.41, 5.74) is 2.05. The van der Waals surface area contributed by atoms with Crippen molar-refractivity contribution in [3.05, 3.63) is 40.7 Å². The third-order valence-electron chi connectivity index (χ3n) is 3.31. The Morgan fingerprint density at radius 1 is 1.29 bits per heavy atom. The van der Waals surface area contributed by atoms with E-state index in [1.165, 1.54) is 0 Å². The van der Waals surface area contributed by atoms with Gasteiger partial charge in [-0.1, -0.05) is 30.3 Å². The van der Waals surface area contributed by atoms with Crippen molar-refractivity contribution in [1.29, 1.82) is 0 Å². The van der Waals surface area contributed by atoms with Gasteiger partial charge in [-0.3, -0.25) is 0 Å². The van der Waals surface area contributed by atoms with E-state index in [2.05, 4.69) is 10.3 Å². The molecular formula is C15H17N3O2S. The lowest BCUT2D eigenvalue weighted by Gasteiger charge is -2.26. The predicted molar refractivity (Wildman–Crippen MR) is 82.2 cm³/mol. The third kappa shape index (κ3) is 3.59. The van der Waals surface area contributed by atoms with Gasteiger partial charge < -0.3 is 15.0 Å². The summed E-state index contributed by atoms with van der Waals surface area (Å²) < 4.78 is 5.23. The Hall–Kier alpha value is -1.92. The lowest BCUT2D eigenvalue weighted by molar-refractivity contribution is 0.0531. The zero-order valence-electron chi connectivity index (χ0n) is 11.6. The first-order valence-corrected chi connectivity index (χ1v) is 7.81. The number of ether oxygens (including phenoxy) is 1. The van der Waals surface area contributed by atoms with Crippen LogP contribution in [0.2, 0.25) is 0 Å². The van der Waals surface area contributed by atoms with Crippen molar-refractivity contribution in [1.82, 2.24) is 15.2 Å². The first kappa shape index (κ1) is 14.0. The van der Waals surface area contributed by atoms with Crippen molar-refractivity contribution >= 4 is 17.4 Å². The van der Waals surface area contributed by atoms with Gasteiger partial charge in [-0.15, -0.1) is 11.3 Å². The first-order valence-electron chi connectivity index (χ1n) is 6.93. The average molecular weight is 303 g/mol. The highest BCUT2D eigenvalue weighted by Gasteiger charge is 2.16. The van der Waals surface area contributed by atoms with Crippen LogP contribution in [0, 0.1) is 0 Å². The van der Waals surface area contributed by atoms with E-state index >= 15 is 0 Å². The molecule has 6 heteroatoms. The molecule has 110 valence electrons. The highest BCUT2D eigenvalue weighted by atomic mass is 32.1. The van der Waals surface area contributed by atoms with Crippen molar-refractivity contribution in [3.63, 3.8) is 0 Å². The smallest absolute Gasteiger partial charge is 0.317 e. The van der Waals surface area contributed by atoms with E-state index in [4.69, 9.17) is 4.74 Å². The molecule has 1 N–H and O–H groups in total. The number of nitrogens with zero attached hydrogens (tertiary/aromatic N) is 2. The van der Waals surface area contributed by atoms with Crippen molar-refractivity contribution in [2.45, 2.75) is 6.54 Å². The second-order valence-corrected chi connectivity index (χ2v) is 5.69. The second kappa shape index (κ2) is 6.69. The highest BCUT2D eigenvalue weighted by molar-refractivity contribution is 7.09. The molecule has 0 unspecified atom stereocenters. The van der Waals surface area contributed by atoms with Gasteiger partial charge in [0.1, 0.15) is 5.01 Å². The van der Waals surface area contributed by atoms with Crippen molar-refractivity contribution in [3.8, 4) is 11.3 Å².